The number of halogens is 2. The van der Waals surface area contributed by atoms with Crippen molar-refractivity contribution in [2.45, 2.75) is 19.8 Å². The molecule has 0 fully saturated rings. The van der Waals surface area contributed by atoms with Crippen LogP contribution in [0.1, 0.15) is 19.8 Å². The zero-order valence-corrected chi connectivity index (χ0v) is 9.92. The molecule has 0 unspecified atom stereocenters. The number of hydrogen-bond acceptors (Lipinski definition) is 3. The Balaban J connectivity index is 2.99. The van der Waals surface area contributed by atoms with Gasteiger partial charge in [0.25, 0.3) is 0 Å². The monoisotopic (exact) mass is 244 g/mol. The Hall–Kier alpha value is -1.36. The van der Waals surface area contributed by atoms with Gasteiger partial charge in [-0.2, -0.15) is 0 Å². The Morgan fingerprint density at radius 1 is 1.29 bits per heavy atom. The first kappa shape index (κ1) is 13.7. The number of rotatable bonds is 6. The summed E-state index contributed by atoms with van der Waals surface area (Å²) in [5.74, 6) is -1.43. The van der Waals surface area contributed by atoms with E-state index in [4.69, 9.17) is 10.8 Å². The summed E-state index contributed by atoms with van der Waals surface area (Å²) in [6.45, 7) is 2.87. The summed E-state index contributed by atoms with van der Waals surface area (Å²) in [7, 11) is 0. The van der Waals surface area contributed by atoms with Crippen LogP contribution in [0.3, 0.4) is 0 Å². The van der Waals surface area contributed by atoms with Gasteiger partial charge in [-0.3, -0.25) is 0 Å². The number of aliphatic hydroxyl groups excluding tert-OH is 1. The third-order valence-corrected chi connectivity index (χ3v) is 2.56. The van der Waals surface area contributed by atoms with Crippen LogP contribution in [0, 0.1) is 11.6 Å². The fourth-order valence-corrected chi connectivity index (χ4v) is 1.66. The molecule has 0 spiro atoms. The first-order valence-electron chi connectivity index (χ1n) is 5.70. The lowest BCUT2D eigenvalue weighted by Crippen LogP contribution is -2.28. The van der Waals surface area contributed by atoms with E-state index in [9.17, 15) is 8.78 Å². The topological polar surface area (TPSA) is 49.5 Å². The largest absolute Gasteiger partial charge is 0.395 e. The predicted molar refractivity (Wildman–Crippen MR) is 65.0 cm³/mol. The van der Waals surface area contributed by atoms with E-state index < -0.39 is 11.6 Å². The molecule has 0 saturated heterocycles. The molecule has 0 radical (unpaired) electrons. The third kappa shape index (κ3) is 3.56. The van der Waals surface area contributed by atoms with E-state index in [1.165, 1.54) is 6.07 Å². The zero-order valence-electron chi connectivity index (χ0n) is 9.92. The van der Waals surface area contributed by atoms with Crippen molar-refractivity contribution in [3.05, 3.63) is 23.8 Å². The highest BCUT2D eigenvalue weighted by Crippen LogP contribution is 2.27. The number of nitrogens with two attached hydrogens (primary N) is 1. The van der Waals surface area contributed by atoms with Gasteiger partial charge in [-0.15, -0.1) is 0 Å². The van der Waals surface area contributed by atoms with Gasteiger partial charge in [-0.1, -0.05) is 13.3 Å². The lowest BCUT2D eigenvalue weighted by atomic mass is 10.2. The van der Waals surface area contributed by atoms with Crippen molar-refractivity contribution in [3.8, 4) is 0 Å². The molecule has 0 bridgehead atoms. The van der Waals surface area contributed by atoms with Crippen molar-refractivity contribution in [2.24, 2.45) is 0 Å². The minimum atomic E-state index is -0.764. The first-order valence-corrected chi connectivity index (χ1v) is 5.70. The normalized spacial score (nSPS) is 10.6. The Bertz CT molecular complexity index is 372. The van der Waals surface area contributed by atoms with Crippen molar-refractivity contribution >= 4 is 11.4 Å². The van der Waals surface area contributed by atoms with Crippen LogP contribution >= 0.6 is 0 Å². The van der Waals surface area contributed by atoms with Gasteiger partial charge < -0.3 is 15.7 Å². The molecule has 0 atom stereocenters. The summed E-state index contributed by atoms with van der Waals surface area (Å²) >= 11 is 0. The van der Waals surface area contributed by atoms with Crippen molar-refractivity contribution in [2.75, 3.05) is 30.3 Å². The second-order valence-electron chi connectivity index (χ2n) is 3.88. The molecule has 96 valence electrons. The van der Waals surface area contributed by atoms with Crippen molar-refractivity contribution < 1.29 is 13.9 Å². The number of anilines is 2. The predicted octanol–water partition coefficient (Wildman–Crippen LogP) is 2.15. The van der Waals surface area contributed by atoms with Crippen LogP contribution in [0.25, 0.3) is 0 Å². The number of unbranched alkanes of at least 4 members (excludes halogenated alkanes) is 1. The molecule has 0 saturated carbocycles. The Morgan fingerprint density at radius 2 is 2.00 bits per heavy atom. The molecule has 0 amide bonds. The van der Waals surface area contributed by atoms with E-state index >= 15 is 0 Å². The molecular weight excluding hydrogens is 226 g/mol. The molecule has 3 N–H and O–H groups in total. The minimum Gasteiger partial charge on any atom is -0.395 e. The van der Waals surface area contributed by atoms with Gasteiger partial charge >= 0.3 is 0 Å². The molecule has 1 aromatic rings. The Kier molecular flexibility index (Phi) is 5.15. The second kappa shape index (κ2) is 6.39. The van der Waals surface area contributed by atoms with E-state index in [1.807, 2.05) is 6.92 Å². The van der Waals surface area contributed by atoms with Gasteiger partial charge in [-0.05, 0) is 12.5 Å². The van der Waals surface area contributed by atoms with Crippen LogP contribution in [0.5, 0.6) is 0 Å². The maximum atomic E-state index is 13.3. The minimum absolute atomic E-state index is 0.0732. The summed E-state index contributed by atoms with van der Waals surface area (Å²) in [6.07, 6.45) is 1.83. The van der Waals surface area contributed by atoms with E-state index in [2.05, 4.69) is 0 Å². The Labute approximate surface area is 99.8 Å². The quantitative estimate of drug-likeness (QED) is 0.754. The van der Waals surface area contributed by atoms with Gasteiger partial charge in [0.2, 0.25) is 0 Å². The molecule has 0 heterocycles. The maximum absolute atomic E-state index is 13.3. The second-order valence-corrected chi connectivity index (χ2v) is 3.88. The first-order chi connectivity index (χ1) is 8.10. The molecule has 5 heteroatoms. The van der Waals surface area contributed by atoms with Gasteiger partial charge in [0, 0.05) is 19.2 Å². The molecule has 0 aliphatic rings. The summed E-state index contributed by atoms with van der Waals surface area (Å²) < 4.78 is 26.5. The highest BCUT2D eigenvalue weighted by Gasteiger charge is 2.14. The third-order valence-electron chi connectivity index (χ3n) is 2.56. The van der Waals surface area contributed by atoms with E-state index in [1.54, 1.807) is 4.90 Å². The summed E-state index contributed by atoms with van der Waals surface area (Å²) in [6, 6.07) is 1.96. The number of benzene rings is 1. The highest BCUT2D eigenvalue weighted by molar-refractivity contribution is 5.68. The molecule has 1 aromatic carbocycles. The van der Waals surface area contributed by atoms with E-state index in [0.29, 0.717) is 18.8 Å². The fraction of sp³-hybridized carbons (Fsp3) is 0.500. The van der Waals surface area contributed by atoms with Crippen molar-refractivity contribution in [1.29, 1.82) is 0 Å². The van der Waals surface area contributed by atoms with Crippen molar-refractivity contribution in [3.63, 3.8) is 0 Å². The van der Waals surface area contributed by atoms with Gasteiger partial charge in [-0.25, -0.2) is 8.78 Å². The fourth-order valence-electron chi connectivity index (χ4n) is 1.66. The van der Waals surface area contributed by atoms with Crippen LogP contribution < -0.4 is 10.6 Å². The molecule has 3 nitrogen and oxygen atoms in total. The van der Waals surface area contributed by atoms with E-state index in [0.717, 1.165) is 18.9 Å². The molecule has 0 aliphatic heterocycles. The average molecular weight is 244 g/mol. The van der Waals surface area contributed by atoms with Crippen LogP contribution in [-0.4, -0.2) is 24.8 Å². The molecule has 1 rings (SSSR count). The smallest absolute Gasteiger partial charge is 0.151 e. The number of nitrogen functional groups attached to an aromatic ring is 1. The molecule has 0 aliphatic carbocycles. The number of aliphatic hydroxyl groups is 1. The highest BCUT2D eigenvalue weighted by atomic mass is 19.1. The van der Waals surface area contributed by atoms with Gasteiger partial charge in [0.05, 0.1) is 18.0 Å². The SMILES string of the molecule is CCCCN(CCO)c1cc(F)cc(F)c1N. The summed E-state index contributed by atoms with van der Waals surface area (Å²) in [5, 5.41) is 8.96. The molecule has 17 heavy (non-hydrogen) atoms. The van der Waals surface area contributed by atoms with Crippen LogP contribution in [0.4, 0.5) is 20.2 Å². The summed E-state index contributed by atoms with van der Waals surface area (Å²) in [5.41, 5.74) is 5.83. The van der Waals surface area contributed by atoms with Gasteiger partial charge in [0.1, 0.15) is 5.82 Å². The number of nitrogens with zero attached hydrogens (tertiary/aromatic N) is 1. The molecular formula is C12H18F2N2O. The number of hydrogen-bond donors (Lipinski definition) is 2. The lowest BCUT2D eigenvalue weighted by molar-refractivity contribution is 0.301. The average Bonchev–Trinajstić information content (AvgIpc) is 2.29. The van der Waals surface area contributed by atoms with Crippen LogP contribution in [0.2, 0.25) is 0 Å². The standard InChI is InChI=1S/C12H18F2N2O/c1-2-3-4-16(5-6-17)11-8-9(13)7-10(14)12(11)15/h7-8,17H,2-6,15H2,1H3. The zero-order chi connectivity index (χ0) is 12.8. The van der Waals surface area contributed by atoms with Gasteiger partial charge in [0.15, 0.2) is 5.82 Å². The van der Waals surface area contributed by atoms with Crippen LogP contribution in [-0.2, 0) is 0 Å². The Morgan fingerprint density at radius 3 is 2.59 bits per heavy atom. The van der Waals surface area contributed by atoms with Crippen LogP contribution in [0.15, 0.2) is 12.1 Å². The summed E-state index contributed by atoms with van der Waals surface area (Å²) in [4.78, 5) is 1.70. The lowest BCUT2D eigenvalue weighted by Gasteiger charge is -2.25. The maximum Gasteiger partial charge on any atom is 0.151 e. The van der Waals surface area contributed by atoms with E-state index in [-0.39, 0.29) is 12.3 Å². The molecule has 0 aromatic heterocycles. The van der Waals surface area contributed by atoms with Crippen molar-refractivity contribution in [1.82, 2.24) is 0 Å².